The average Bonchev–Trinajstić information content (AvgIpc) is 2.76. The first kappa shape index (κ1) is 22.1. The quantitative estimate of drug-likeness (QED) is 0.518. The molecule has 7 heteroatoms. The minimum absolute atomic E-state index is 0.0775. The molecule has 3 rings (SSSR count). The summed E-state index contributed by atoms with van der Waals surface area (Å²) in [5.74, 6) is 0.978. The third-order valence-corrected chi connectivity index (χ3v) is 4.64. The number of alkyl halides is 2. The number of amides is 1. The van der Waals surface area contributed by atoms with E-state index in [0.717, 1.165) is 5.56 Å². The van der Waals surface area contributed by atoms with E-state index in [1.165, 1.54) is 19.2 Å². The Morgan fingerprint density at radius 2 is 1.68 bits per heavy atom. The second kappa shape index (κ2) is 10.4. The average molecular weight is 427 g/mol. The van der Waals surface area contributed by atoms with Crippen molar-refractivity contribution in [3.8, 4) is 17.2 Å². The molecule has 0 unspecified atom stereocenters. The molecule has 0 saturated heterocycles. The van der Waals surface area contributed by atoms with Crippen LogP contribution in [0.25, 0.3) is 0 Å². The van der Waals surface area contributed by atoms with Crippen molar-refractivity contribution in [2.24, 2.45) is 0 Å². The van der Waals surface area contributed by atoms with Gasteiger partial charge in [-0.3, -0.25) is 4.79 Å². The van der Waals surface area contributed by atoms with Crippen molar-refractivity contribution in [1.29, 1.82) is 0 Å². The smallest absolute Gasteiger partial charge is 0.387 e. The molecule has 0 heterocycles. The van der Waals surface area contributed by atoms with Crippen LogP contribution in [0.4, 0.5) is 14.5 Å². The predicted octanol–water partition coefficient (Wildman–Crippen LogP) is 5.08. The topological polar surface area (TPSA) is 56.8 Å². The Labute approximate surface area is 179 Å². The molecular weight excluding hydrogens is 404 g/mol. The Morgan fingerprint density at radius 3 is 2.35 bits per heavy atom. The van der Waals surface area contributed by atoms with E-state index in [4.69, 9.17) is 9.47 Å². The van der Waals surface area contributed by atoms with Crippen LogP contribution in [0.2, 0.25) is 0 Å². The molecule has 1 amide bonds. The number of nitrogens with one attached hydrogen (secondary N) is 1. The van der Waals surface area contributed by atoms with Gasteiger partial charge in [0.25, 0.3) is 0 Å². The molecule has 0 fully saturated rings. The van der Waals surface area contributed by atoms with Gasteiger partial charge in [0.05, 0.1) is 20.6 Å². The molecule has 0 spiro atoms. The number of hydrogen-bond donors (Lipinski definition) is 1. The zero-order valence-electron chi connectivity index (χ0n) is 17.2. The minimum Gasteiger partial charge on any atom is -0.497 e. The first-order valence-corrected chi connectivity index (χ1v) is 9.61. The Kier molecular flexibility index (Phi) is 7.43. The summed E-state index contributed by atoms with van der Waals surface area (Å²) in [6.45, 7) is -2.93. The highest BCUT2D eigenvalue weighted by molar-refractivity contribution is 5.92. The van der Waals surface area contributed by atoms with Gasteiger partial charge in [0.1, 0.15) is 17.2 Å². The molecule has 0 bridgehead atoms. The van der Waals surface area contributed by atoms with Gasteiger partial charge in [0.2, 0.25) is 5.91 Å². The molecule has 0 aromatic heterocycles. The van der Waals surface area contributed by atoms with Crippen molar-refractivity contribution >= 4 is 11.6 Å². The van der Waals surface area contributed by atoms with Gasteiger partial charge in [-0.1, -0.05) is 36.4 Å². The van der Waals surface area contributed by atoms with E-state index in [1.54, 1.807) is 31.4 Å². The number of carbonyl (C=O) groups excluding carboxylic acids is 1. The Bertz CT molecular complexity index is 1030. The van der Waals surface area contributed by atoms with Crippen molar-refractivity contribution in [3.05, 3.63) is 83.4 Å². The van der Waals surface area contributed by atoms with Crippen molar-refractivity contribution in [2.45, 2.75) is 19.5 Å². The molecule has 0 saturated carbocycles. The van der Waals surface area contributed by atoms with Crippen LogP contribution in [0, 0.1) is 0 Å². The molecular formula is C24H23F2NO4. The summed E-state index contributed by atoms with van der Waals surface area (Å²) < 4.78 is 40.8. The highest BCUT2D eigenvalue weighted by Gasteiger charge is 2.14. The van der Waals surface area contributed by atoms with Gasteiger partial charge in [-0.2, -0.15) is 8.78 Å². The van der Waals surface area contributed by atoms with Crippen LogP contribution < -0.4 is 19.5 Å². The molecule has 0 radical (unpaired) electrons. The predicted molar refractivity (Wildman–Crippen MR) is 114 cm³/mol. The number of hydrogen-bond acceptors (Lipinski definition) is 4. The highest BCUT2D eigenvalue weighted by atomic mass is 19.3. The van der Waals surface area contributed by atoms with Gasteiger partial charge < -0.3 is 19.5 Å². The maximum atomic E-state index is 12.8. The molecule has 3 aromatic carbocycles. The van der Waals surface area contributed by atoms with E-state index in [-0.39, 0.29) is 18.1 Å². The number of carbonyl (C=O) groups is 1. The van der Waals surface area contributed by atoms with Gasteiger partial charge in [-0.05, 0) is 29.8 Å². The monoisotopic (exact) mass is 427 g/mol. The Balaban J connectivity index is 1.77. The standard InChI is InChI=1S/C24H23F2NO4/c1-29-20-10-8-17(22(15-20)30-2)14-23(28)27-19-9-11-21(31-24(25)26)18(13-19)12-16-6-4-3-5-7-16/h3-11,13,15,24H,12,14H2,1-2H3,(H,27,28). The summed E-state index contributed by atoms with van der Waals surface area (Å²) in [5.41, 5.74) is 2.67. The fourth-order valence-electron chi connectivity index (χ4n) is 3.20. The van der Waals surface area contributed by atoms with Crippen LogP contribution in [0.3, 0.4) is 0 Å². The molecule has 162 valence electrons. The van der Waals surface area contributed by atoms with Crippen LogP contribution in [0.1, 0.15) is 16.7 Å². The van der Waals surface area contributed by atoms with Crippen LogP contribution in [-0.2, 0) is 17.6 Å². The summed E-state index contributed by atoms with van der Waals surface area (Å²) in [6, 6.07) is 19.3. The lowest BCUT2D eigenvalue weighted by Gasteiger charge is -2.14. The van der Waals surface area contributed by atoms with Gasteiger partial charge in [-0.15, -0.1) is 0 Å². The van der Waals surface area contributed by atoms with E-state index in [2.05, 4.69) is 10.1 Å². The Hall–Kier alpha value is -3.61. The number of anilines is 1. The highest BCUT2D eigenvalue weighted by Crippen LogP contribution is 2.28. The number of rotatable bonds is 9. The van der Waals surface area contributed by atoms with Crippen LogP contribution >= 0.6 is 0 Å². The summed E-state index contributed by atoms with van der Waals surface area (Å²) in [6.07, 6.45) is 0.468. The molecule has 0 aliphatic rings. The minimum atomic E-state index is -2.93. The van der Waals surface area contributed by atoms with E-state index in [1.807, 2.05) is 30.3 Å². The maximum absolute atomic E-state index is 12.8. The number of ether oxygens (including phenoxy) is 3. The van der Waals surface area contributed by atoms with Crippen molar-refractivity contribution in [3.63, 3.8) is 0 Å². The van der Waals surface area contributed by atoms with Gasteiger partial charge in [0.15, 0.2) is 0 Å². The first-order chi connectivity index (χ1) is 15.0. The lowest BCUT2D eigenvalue weighted by atomic mass is 10.0. The zero-order valence-corrected chi connectivity index (χ0v) is 17.2. The molecule has 0 aliphatic carbocycles. The number of benzene rings is 3. The first-order valence-electron chi connectivity index (χ1n) is 9.61. The molecule has 31 heavy (non-hydrogen) atoms. The lowest BCUT2D eigenvalue weighted by molar-refractivity contribution is -0.115. The summed E-state index contributed by atoms with van der Waals surface area (Å²) in [4.78, 5) is 12.6. The Morgan fingerprint density at radius 1 is 0.903 bits per heavy atom. The lowest BCUT2D eigenvalue weighted by Crippen LogP contribution is -2.15. The molecule has 3 aromatic rings. The molecule has 0 aliphatic heterocycles. The van der Waals surface area contributed by atoms with Gasteiger partial charge >= 0.3 is 6.61 Å². The normalized spacial score (nSPS) is 10.6. The van der Waals surface area contributed by atoms with E-state index in [0.29, 0.717) is 34.7 Å². The summed E-state index contributed by atoms with van der Waals surface area (Å²) in [7, 11) is 3.07. The van der Waals surface area contributed by atoms with E-state index in [9.17, 15) is 13.6 Å². The molecule has 1 N–H and O–H groups in total. The SMILES string of the molecule is COc1ccc(CC(=O)Nc2ccc(OC(F)F)c(Cc3ccccc3)c2)c(OC)c1. The van der Waals surface area contributed by atoms with Crippen molar-refractivity contribution in [2.75, 3.05) is 19.5 Å². The largest absolute Gasteiger partial charge is 0.497 e. The molecule has 0 atom stereocenters. The van der Waals surface area contributed by atoms with Crippen LogP contribution in [0.15, 0.2) is 66.7 Å². The number of halogens is 2. The zero-order chi connectivity index (χ0) is 22.2. The third-order valence-electron chi connectivity index (χ3n) is 4.64. The molecule has 5 nitrogen and oxygen atoms in total. The second-order valence-electron chi connectivity index (χ2n) is 6.77. The van der Waals surface area contributed by atoms with Crippen molar-refractivity contribution < 1.29 is 27.8 Å². The fraction of sp³-hybridized carbons (Fsp3) is 0.208. The van der Waals surface area contributed by atoms with E-state index < -0.39 is 6.61 Å². The second-order valence-corrected chi connectivity index (χ2v) is 6.77. The van der Waals surface area contributed by atoms with Gasteiger partial charge in [-0.25, -0.2) is 0 Å². The summed E-state index contributed by atoms with van der Waals surface area (Å²) >= 11 is 0. The van der Waals surface area contributed by atoms with Gasteiger partial charge in [0, 0.05) is 29.3 Å². The number of methoxy groups -OCH3 is 2. The third kappa shape index (κ3) is 6.18. The van der Waals surface area contributed by atoms with E-state index >= 15 is 0 Å². The maximum Gasteiger partial charge on any atom is 0.387 e. The van der Waals surface area contributed by atoms with Crippen LogP contribution in [-0.4, -0.2) is 26.7 Å². The fourth-order valence-corrected chi connectivity index (χ4v) is 3.20. The summed E-state index contributed by atoms with van der Waals surface area (Å²) in [5, 5.41) is 2.81. The van der Waals surface area contributed by atoms with Crippen molar-refractivity contribution in [1.82, 2.24) is 0 Å². The van der Waals surface area contributed by atoms with Crippen LogP contribution in [0.5, 0.6) is 17.2 Å².